The van der Waals surface area contributed by atoms with Gasteiger partial charge < -0.3 is 20.3 Å². The molecule has 0 aliphatic carbocycles. The van der Waals surface area contributed by atoms with Crippen molar-refractivity contribution in [3.8, 4) is 0 Å². The van der Waals surface area contributed by atoms with E-state index in [2.05, 4.69) is 62.6 Å². The summed E-state index contributed by atoms with van der Waals surface area (Å²) in [7, 11) is 0. The maximum absolute atomic E-state index is 5.86. The molecule has 134 valence electrons. The van der Waals surface area contributed by atoms with Gasteiger partial charge in [0.1, 0.15) is 19.2 Å². The van der Waals surface area contributed by atoms with E-state index in [0.717, 1.165) is 37.8 Å². The second kappa shape index (κ2) is 9.35. The van der Waals surface area contributed by atoms with Gasteiger partial charge >= 0.3 is 0 Å². The number of thiocarbonyl (C=S) groups is 1. The van der Waals surface area contributed by atoms with E-state index >= 15 is 0 Å². The van der Waals surface area contributed by atoms with Crippen LogP contribution < -0.4 is 15.5 Å². The van der Waals surface area contributed by atoms with E-state index in [1.807, 2.05) is 0 Å². The van der Waals surface area contributed by atoms with Crippen LogP contribution in [0.2, 0.25) is 0 Å². The van der Waals surface area contributed by atoms with Crippen molar-refractivity contribution in [1.82, 2.24) is 5.32 Å². The molecule has 1 saturated heterocycles. The molecule has 0 amide bonds. The van der Waals surface area contributed by atoms with E-state index in [4.69, 9.17) is 17.0 Å². The Morgan fingerprint density at radius 3 is 2.58 bits per heavy atom. The van der Waals surface area contributed by atoms with Gasteiger partial charge in [-0.2, -0.15) is 0 Å². The first-order valence-electron chi connectivity index (χ1n) is 9.04. The first-order chi connectivity index (χ1) is 11.4. The van der Waals surface area contributed by atoms with Crippen molar-refractivity contribution >= 4 is 23.0 Å². The van der Waals surface area contributed by atoms with Crippen LogP contribution in [0.15, 0.2) is 24.3 Å². The zero-order valence-corrected chi connectivity index (χ0v) is 16.2. The molecule has 1 heterocycles. The number of hydrogen-bond acceptors (Lipinski definition) is 2. The third-order valence-electron chi connectivity index (χ3n) is 4.35. The first-order valence-corrected chi connectivity index (χ1v) is 9.45. The maximum Gasteiger partial charge on any atom is 0.170 e. The highest BCUT2D eigenvalue weighted by Gasteiger charge is 2.24. The minimum Gasteiger partial charge on any atom is -0.365 e. The zero-order valence-electron chi connectivity index (χ0n) is 15.4. The minimum atomic E-state index is 0.232. The minimum absolute atomic E-state index is 0.232. The number of rotatable bonds is 6. The number of anilines is 1. The van der Waals surface area contributed by atoms with Crippen molar-refractivity contribution in [2.75, 3.05) is 38.1 Å². The Labute approximate surface area is 152 Å². The number of hydrogen-bond donors (Lipinski definition) is 3. The lowest BCUT2D eigenvalue weighted by atomic mass is 10.0. The summed E-state index contributed by atoms with van der Waals surface area (Å²) < 4.78 is 5.86. The molecule has 1 fully saturated rings. The monoisotopic (exact) mass is 350 g/mol. The van der Waals surface area contributed by atoms with Crippen molar-refractivity contribution in [1.29, 1.82) is 0 Å². The predicted octanol–water partition coefficient (Wildman–Crippen LogP) is 2.04. The summed E-state index contributed by atoms with van der Waals surface area (Å²) in [5.74, 6) is 1.27. The Hall–Kier alpha value is -1.17. The SMILES string of the molecule is CC(C)C[NH+]1CCO[C@@H](CNC(=S)Nc2ccc(C(C)C)cc2)C1. The van der Waals surface area contributed by atoms with E-state index in [1.165, 1.54) is 12.1 Å². The second-order valence-corrected chi connectivity index (χ2v) is 7.81. The molecule has 1 aromatic rings. The van der Waals surface area contributed by atoms with Crippen molar-refractivity contribution in [2.45, 2.75) is 39.7 Å². The van der Waals surface area contributed by atoms with E-state index in [0.29, 0.717) is 11.0 Å². The summed E-state index contributed by atoms with van der Waals surface area (Å²) in [6.07, 6.45) is 0.232. The molecule has 0 radical (unpaired) electrons. The molecule has 0 bridgehead atoms. The second-order valence-electron chi connectivity index (χ2n) is 7.41. The quantitative estimate of drug-likeness (QED) is 0.687. The van der Waals surface area contributed by atoms with Crippen LogP contribution in [0.5, 0.6) is 0 Å². The highest BCUT2D eigenvalue weighted by Crippen LogP contribution is 2.16. The number of benzene rings is 1. The lowest BCUT2D eigenvalue weighted by Crippen LogP contribution is -3.15. The van der Waals surface area contributed by atoms with E-state index in [-0.39, 0.29) is 6.10 Å². The Morgan fingerprint density at radius 2 is 1.96 bits per heavy atom. The van der Waals surface area contributed by atoms with E-state index in [1.54, 1.807) is 4.90 Å². The Kier molecular flexibility index (Phi) is 7.46. The van der Waals surface area contributed by atoms with Crippen LogP contribution in [0.4, 0.5) is 5.69 Å². The summed E-state index contributed by atoms with van der Waals surface area (Å²) in [5, 5.41) is 7.20. The molecular weight excluding hydrogens is 318 g/mol. The van der Waals surface area contributed by atoms with Gasteiger partial charge in [-0.3, -0.25) is 0 Å². The van der Waals surface area contributed by atoms with Crippen LogP contribution in [0.1, 0.15) is 39.2 Å². The van der Waals surface area contributed by atoms with Gasteiger partial charge in [0.25, 0.3) is 0 Å². The van der Waals surface area contributed by atoms with Crippen LogP contribution >= 0.6 is 12.2 Å². The molecule has 1 aliphatic heterocycles. The number of morpholine rings is 1. The molecule has 0 aromatic heterocycles. The van der Waals surface area contributed by atoms with Gasteiger partial charge in [0.15, 0.2) is 5.11 Å². The van der Waals surface area contributed by atoms with Crippen LogP contribution in [0, 0.1) is 5.92 Å². The molecule has 5 heteroatoms. The Balaban J connectivity index is 1.74. The average Bonchev–Trinajstić information content (AvgIpc) is 2.53. The van der Waals surface area contributed by atoms with E-state index in [9.17, 15) is 0 Å². The van der Waals surface area contributed by atoms with Gasteiger partial charge in [-0.1, -0.05) is 39.8 Å². The van der Waals surface area contributed by atoms with Crippen molar-refractivity contribution in [3.05, 3.63) is 29.8 Å². The highest BCUT2D eigenvalue weighted by molar-refractivity contribution is 7.80. The standard InChI is InChI=1S/C19H31N3OS/c1-14(2)12-22-9-10-23-18(13-22)11-20-19(24)21-17-7-5-16(6-8-17)15(3)4/h5-8,14-15,18H,9-13H2,1-4H3,(H2,20,21,24)/p+1/t18-/m0/s1. The fourth-order valence-electron chi connectivity index (χ4n) is 3.08. The molecule has 2 rings (SSSR count). The normalized spacial score (nSPS) is 21.1. The van der Waals surface area contributed by atoms with Crippen molar-refractivity contribution in [2.24, 2.45) is 5.92 Å². The third kappa shape index (κ3) is 6.38. The van der Waals surface area contributed by atoms with Crippen LogP contribution in [-0.4, -0.2) is 44.0 Å². The maximum atomic E-state index is 5.86. The van der Waals surface area contributed by atoms with E-state index < -0.39 is 0 Å². The Bertz CT molecular complexity index is 516. The van der Waals surface area contributed by atoms with Gasteiger partial charge in [-0.15, -0.1) is 0 Å². The van der Waals surface area contributed by atoms with Crippen LogP contribution in [-0.2, 0) is 4.74 Å². The van der Waals surface area contributed by atoms with Crippen LogP contribution in [0.3, 0.4) is 0 Å². The van der Waals surface area contributed by atoms with Gasteiger partial charge in [-0.05, 0) is 35.8 Å². The number of nitrogens with one attached hydrogen (secondary N) is 3. The smallest absolute Gasteiger partial charge is 0.170 e. The van der Waals surface area contributed by atoms with Gasteiger partial charge in [0.05, 0.1) is 13.2 Å². The number of quaternary nitrogens is 1. The molecule has 3 N–H and O–H groups in total. The van der Waals surface area contributed by atoms with Crippen molar-refractivity contribution < 1.29 is 9.64 Å². The highest BCUT2D eigenvalue weighted by atomic mass is 32.1. The molecule has 2 atom stereocenters. The molecular formula is C19H32N3OS+. The van der Waals surface area contributed by atoms with Gasteiger partial charge in [0.2, 0.25) is 0 Å². The zero-order chi connectivity index (χ0) is 17.5. The average molecular weight is 351 g/mol. The van der Waals surface area contributed by atoms with Crippen molar-refractivity contribution in [3.63, 3.8) is 0 Å². The molecule has 0 spiro atoms. The summed E-state index contributed by atoms with van der Waals surface area (Å²) in [6.45, 7) is 13.9. The molecule has 4 nitrogen and oxygen atoms in total. The first kappa shape index (κ1) is 19.2. The molecule has 0 saturated carbocycles. The summed E-state index contributed by atoms with van der Waals surface area (Å²) in [5.41, 5.74) is 2.36. The summed E-state index contributed by atoms with van der Waals surface area (Å²) in [4.78, 5) is 1.63. The van der Waals surface area contributed by atoms with Crippen LogP contribution in [0.25, 0.3) is 0 Å². The topological polar surface area (TPSA) is 37.7 Å². The van der Waals surface area contributed by atoms with Gasteiger partial charge in [0, 0.05) is 18.2 Å². The third-order valence-corrected chi connectivity index (χ3v) is 4.59. The largest absolute Gasteiger partial charge is 0.365 e. The predicted molar refractivity (Wildman–Crippen MR) is 105 cm³/mol. The number of ether oxygens (including phenoxy) is 1. The lowest BCUT2D eigenvalue weighted by molar-refractivity contribution is -0.914. The fourth-order valence-corrected chi connectivity index (χ4v) is 3.28. The molecule has 1 unspecified atom stereocenters. The summed E-state index contributed by atoms with van der Waals surface area (Å²) >= 11 is 5.40. The Morgan fingerprint density at radius 1 is 1.25 bits per heavy atom. The lowest BCUT2D eigenvalue weighted by Gasteiger charge is -2.31. The fraction of sp³-hybridized carbons (Fsp3) is 0.632. The summed E-state index contributed by atoms with van der Waals surface area (Å²) in [6, 6.07) is 8.45. The molecule has 1 aromatic carbocycles. The molecule has 24 heavy (non-hydrogen) atoms. The molecule has 1 aliphatic rings. The van der Waals surface area contributed by atoms with Gasteiger partial charge in [-0.25, -0.2) is 0 Å².